The molecule has 1 aromatic rings. The van der Waals surface area contributed by atoms with Crippen molar-refractivity contribution in [3.8, 4) is 0 Å². The first-order chi connectivity index (χ1) is 8.49. The van der Waals surface area contributed by atoms with Gasteiger partial charge in [-0.3, -0.25) is 5.32 Å². The molecule has 0 saturated heterocycles. The number of aryl methyl sites for hydroxylation is 1. The zero-order valence-electron chi connectivity index (χ0n) is 10.1. The molecule has 0 fully saturated rings. The zero-order valence-corrected chi connectivity index (χ0v) is 11.0. The predicted octanol–water partition coefficient (Wildman–Crippen LogP) is 1.09. The minimum Gasteiger partial charge on any atom is -0.460 e. The Balaban J connectivity index is 2.18. The third-order valence-corrected chi connectivity index (χ3v) is 2.47. The smallest absolute Gasteiger partial charge is 0.333 e. The highest BCUT2D eigenvalue weighted by atomic mass is 32.1. The standard InChI is InChI=1S/C10H14N4O3S/c1-6(2)8(15)17-5-4-11-9(16)12-10-14-13-7(3)18-10/h1,4-5H2,2-3H3,(H2,11,12,14,16). The number of hydrogen-bond acceptors (Lipinski definition) is 6. The van der Waals surface area contributed by atoms with Crippen LogP contribution in [0.25, 0.3) is 0 Å². The molecule has 0 radical (unpaired) electrons. The van der Waals surface area contributed by atoms with Crippen molar-refractivity contribution in [3.05, 3.63) is 17.2 Å². The van der Waals surface area contributed by atoms with E-state index in [-0.39, 0.29) is 13.2 Å². The molecule has 1 aromatic heterocycles. The van der Waals surface area contributed by atoms with Crippen LogP contribution in [0.3, 0.4) is 0 Å². The van der Waals surface area contributed by atoms with E-state index in [0.29, 0.717) is 10.7 Å². The molecule has 2 N–H and O–H groups in total. The van der Waals surface area contributed by atoms with E-state index in [1.165, 1.54) is 11.3 Å². The number of rotatable bonds is 5. The number of aromatic nitrogens is 2. The SMILES string of the molecule is C=C(C)C(=O)OCCNC(=O)Nc1nnc(C)s1. The van der Waals surface area contributed by atoms with Crippen LogP contribution in [0.1, 0.15) is 11.9 Å². The van der Waals surface area contributed by atoms with E-state index in [4.69, 9.17) is 4.74 Å². The molecular weight excluding hydrogens is 256 g/mol. The molecule has 0 bridgehead atoms. The summed E-state index contributed by atoms with van der Waals surface area (Å²) in [5, 5.41) is 13.7. The quantitative estimate of drug-likeness (QED) is 0.474. The van der Waals surface area contributed by atoms with Gasteiger partial charge in [0, 0.05) is 5.57 Å². The lowest BCUT2D eigenvalue weighted by atomic mass is 10.4. The van der Waals surface area contributed by atoms with Gasteiger partial charge in [0.2, 0.25) is 5.13 Å². The van der Waals surface area contributed by atoms with Crippen LogP contribution in [-0.4, -0.2) is 35.3 Å². The maximum Gasteiger partial charge on any atom is 0.333 e. The fourth-order valence-electron chi connectivity index (χ4n) is 0.920. The molecule has 0 aliphatic heterocycles. The lowest BCUT2D eigenvalue weighted by Crippen LogP contribution is -2.32. The van der Waals surface area contributed by atoms with Crippen molar-refractivity contribution in [1.82, 2.24) is 15.5 Å². The van der Waals surface area contributed by atoms with Crippen LogP contribution in [0, 0.1) is 6.92 Å². The lowest BCUT2D eigenvalue weighted by Gasteiger charge is -2.06. The Hall–Kier alpha value is -1.96. The molecule has 1 heterocycles. The van der Waals surface area contributed by atoms with Gasteiger partial charge >= 0.3 is 12.0 Å². The van der Waals surface area contributed by atoms with Crippen LogP contribution in [0.5, 0.6) is 0 Å². The first-order valence-corrected chi connectivity index (χ1v) is 5.98. The summed E-state index contributed by atoms with van der Waals surface area (Å²) in [5.74, 6) is -0.475. The van der Waals surface area contributed by atoms with E-state index < -0.39 is 12.0 Å². The Labute approximate surface area is 108 Å². The molecule has 0 aromatic carbocycles. The van der Waals surface area contributed by atoms with Gasteiger partial charge in [-0.05, 0) is 13.8 Å². The van der Waals surface area contributed by atoms with Crippen LogP contribution in [0.2, 0.25) is 0 Å². The number of carbonyl (C=O) groups is 2. The molecule has 0 aliphatic rings. The molecule has 2 amide bonds. The van der Waals surface area contributed by atoms with Gasteiger partial charge < -0.3 is 10.1 Å². The van der Waals surface area contributed by atoms with Crippen molar-refractivity contribution in [2.24, 2.45) is 0 Å². The number of anilines is 1. The van der Waals surface area contributed by atoms with Crippen molar-refractivity contribution >= 4 is 28.5 Å². The van der Waals surface area contributed by atoms with Crippen LogP contribution >= 0.6 is 11.3 Å². The van der Waals surface area contributed by atoms with Crippen molar-refractivity contribution in [2.75, 3.05) is 18.5 Å². The molecule has 98 valence electrons. The Morgan fingerprint density at radius 1 is 1.44 bits per heavy atom. The maximum atomic E-state index is 11.4. The number of urea groups is 1. The van der Waals surface area contributed by atoms with E-state index in [2.05, 4.69) is 27.4 Å². The van der Waals surface area contributed by atoms with Crippen molar-refractivity contribution in [3.63, 3.8) is 0 Å². The van der Waals surface area contributed by atoms with Gasteiger partial charge in [-0.15, -0.1) is 10.2 Å². The molecule has 0 atom stereocenters. The third kappa shape index (κ3) is 4.91. The number of nitrogens with zero attached hydrogens (tertiary/aromatic N) is 2. The molecule has 1 rings (SSSR count). The fourth-order valence-corrected chi connectivity index (χ4v) is 1.51. The van der Waals surface area contributed by atoms with Gasteiger partial charge in [0.25, 0.3) is 0 Å². The monoisotopic (exact) mass is 270 g/mol. The zero-order chi connectivity index (χ0) is 13.5. The molecule has 8 heteroatoms. The average Bonchev–Trinajstić information content (AvgIpc) is 2.69. The van der Waals surface area contributed by atoms with Crippen LogP contribution in [-0.2, 0) is 9.53 Å². The highest BCUT2D eigenvalue weighted by molar-refractivity contribution is 7.15. The molecule has 0 unspecified atom stereocenters. The number of carbonyl (C=O) groups excluding carboxylic acids is 2. The average molecular weight is 270 g/mol. The van der Waals surface area contributed by atoms with E-state index in [1.807, 2.05) is 0 Å². The Morgan fingerprint density at radius 3 is 2.72 bits per heavy atom. The second kappa shape index (κ2) is 6.70. The highest BCUT2D eigenvalue weighted by Crippen LogP contribution is 2.12. The van der Waals surface area contributed by atoms with Crippen molar-refractivity contribution in [2.45, 2.75) is 13.8 Å². The van der Waals surface area contributed by atoms with Gasteiger partial charge in [0.05, 0.1) is 6.54 Å². The Bertz CT molecular complexity index is 458. The van der Waals surface area contributed by atoms with E-state index >= 15 is 0 Å². The third-order valence-electron chi connectivity index (χ3n) is 1.72. The summed E-state index contributed by atoms with van der Waals surface area (Å²) in [7, 11) is 0. The molecule has 0 saturated carbocycles. The van der Waals surface area contributed by atoms with Crippen molar-refractivity contribution < 1.29 is 14.3 Å². The van der Waals surface area contributed by atoms with Crippen LogP contribution in [0.4, 0.5) is 9.93 Å². The second-order valence-corrected chi connectivity index (χ2v) is 4.61. The molecular formula is C10H14N4O3S. The minimum absolute atomic E-state index is 0.0915. The number of amides is 2. The summed E-state index contributed by atoms with van der Waals surface area (Å²) >= 11 is 1.27. The predicted molar refractivity (Wildman–Crippen MR) is 67.4 cm³/mol. The second-order valence-electron chi connectivity index (χ2n) is 3.42. The first kappa shape index (κ1) is 14.1. The van der Waals surface area contributed by atoms with Crippen LogP contribution < -0.4 is 10.6 Å². The van der Waals surface area contributed by atoms with E-state index in [1.54, 1.807) is 13.8 Å². The molecule has 7 nitrogen and oxygen atoms in total. The maximum absolute atomic E-state index is 11.4. The summed E-state index contributed by atoms with van der Waals surface area (Å²) in [5.41, 5.74) is 0.323. The normalized spacial score (nSPS) is 9.67. The first-order valence-electron chi connectivity index (χ1n) is 5.16. The number of hydrogen-bond donors (Lipinski definition) is 2. The summed E-state index contributed by atoms with van der Waals surface area (Å²) in [6.45, 7) is 7.09. The Kier molecular flexibility index (Phi) is 5.25. The summed E-state index contributed by atoms with van der Waals surface area (Å²) in [6.07, 6.45) is 0. The van der Waals surface area contributed by atoms with E-state index in [0.717, 1.165) is 5.01 Å². The summed E-state index contributed by atoms with van der Waals surface area (Å²) < 4.78 is 4.80. The number of nitrogens with one attached hydrogen (secondary N) is 2. The van der Waals surface area contributed by atoms with Crippen LogP contribution in [0.15, 0.2) is 12.2 Å². The molecule has 18 heavy (non-hydrogen) atoms. The lowest BCUT2D eigenvalue weighted by molar-refractivity contribution is -0.138. The van der Waals surface area contributed by atoms with Gasteiger partial charge in [-0.25, -0.2) is 9.59 Å². The molecule has 0 aliphatic carbocycles. The molecule has 0 spiro atoms. The van der Waals surface area contributed by atoms with Gasteiger partial charge in [-0.1, -0.05) is 17.9 Å². The highest BCUT2D eigenvalue weighted by Gasteiger charge is 2.06. The number of ether oxygens (including phenoxy) is 1. The topological polar surface area (TPSA) is 93.2 Å². The largest absolute Gasteiger partial charge is 0.460 e. The Morgan fingerprint density at radius 2 is 2.17 bits per heavy atom. The summed E-state index contributed by atoms with van der Waals surface area (Å²) in [4.78, 5) is 22.4. The number of esters is 1. The van der Waals surface area contributed by atoms with Gasteiger partial charge in [0.15, 0.2) is 0 Å². The van der Waals surface area contributed by atoms with Gasteiger partial charge in [-0.2, -0.15) is 0 Å². The van der Waals surface area contributed by atoms with E-state index in [9.17, 15) is 9.59 Å². The summed E-state index contributed by atoms with van der Waals surface area (Å²) in [6, 6.07) is -0.419. The van der Waals surface area contributed by atoms with Crippen molar-refractivity contribution in [1.29, 1.82) is 0 Å². The minimum atomic E-state index is -0.475. The fraction of sp³-hybridized carbons (Fsp3) is 0.400. The van der Waals surface area contributed by atoms with Gasteiger partial charge in [0.1, 0.15) is 11.6 Å².